The van der Waals surface area contributed by atoms with Gasteiger partial charge in [-0.15, -0.1) is 0 Å². The van der Waals surface area contributed by atoms with Gasteiger partial charge in [0.15, 0.2) is 5.71 Å². The highest BCUT2D eigenvalue weighted by Crippen LogP contribution is 2.30. The van der Waals surface area contributed by atoms with E-state index in [0.29, 0.717) is 6.42 Å². The Morgan fingerprint density at radius 2 is 1.93 bits per heavy atom. The molecule has 1 saturated heterocycles. The molecule has 138 valence electrons. The van der Waals surface area contributed by atoms with Crippen LogP contribution in [0.4, 0.5) is 0 Å². The van der Waals surface area contributed by atoms with E-state index < -0.39 is 29.8 Å². The van der Waals surface area contributed by atoms with Gasteiger partial charge < -0.3 is 9.57 Å². The van der Waals surface area contributed by atoms with Crippen molar-refractivity contribution in [3.8, 4) is 0 Å². The molecule has 7 heteroatoms. The monoisotopic (exact) mass is 366 g/mol. The van der Waals surface area contributed by atoms with Crippen LogP contribution in [0.15, 0.2) is 47.6 Å². The summed E-state index contributed by atoms with van der Waals surface area (Å²) in [6, 6.07) is 13.9. The molecule has 1 fully saturated rings. The van der Waals surface area contributed by atoms with Crippen LogP contribution < -0.4 is 0 Å². The third kappa shape index (κ3) is 2.85. The molecule has 2 aromatic rings. The SMILES string of the molecule is CCOC(=O)C1=NO[C@@H]2C(=O)N(CCc3cccc4ccccc34)C(=O)[C@H]12. The lowest BCUT2D eigenvalue weighted by atomic mass is 10.00. The number of oxime groups is 1. The van der Waals surface area contributed by atoms with Crippen LogP contribution in [-0.2, 0) is 30.4 Å². The second-order valence-electron chi connectivity index (χ2n) is 6.42. The van der Waals surface area contributed by atoms with E-state index in [1.54, 1.807) is 6.92 Å². The van der Waals surface area contributed by atoms with E-state index in [1.807, 2.05) is 42.5 Å². The normalized spacial score (nSPS) is 21.2. The fraction of sp³-hybridized carbons (Fsp3) is 0.300. The summed E-state index contributed by atoms with van der Waals surface area (Å²) in [5, 5.41) is 5.80. The van der Waals surface area contributed by atoms with Crippen molar-refractivity contribution in [1.82, 2.24) is 4.90 Å². The van der Waals surface area contributed by atoms with Gasteiger partial charge in [-0.05, 0) is 29.7 Å². The molecule has 0 spiro atoms. The van der Waals surface area contributed by atoms with Crippen molar-refractivity contribution >= 4 is 34.3 Å². The molecular weight excluding hydrogens is 348 g/mol. The van der Waals surface area contributed by atoms with E-state index in [-0.39, 0.29) is 18.9 Å². The second-order valence-corrected chi connectivity index (χ2v) is 6.42. The molecule has 2 aromatic carbocycles. The van der Waals surface area contributed by atoms with Crippen LogP contribution in [-0.4, -0.2) is 47.7 Å². The van der Waals surface area contributed by atoms with Gasteiger partial charge in [-0.1, -0.05) is 47.6 Å². The van der Waals surface area contributed by atoms with Crippen LogP contribution in [0.3, 0.4) is 0 Å². The van der Waals surface area contributed by atoms with E-state index in [1.165, 1.54) is 0 Å². The molecule has 2 amide bonds. The van der Waals surface area contributed by atoms with Gasteiger partial charge in [0.2, 0.25) is 12.0 Å². The summed E-state index contributed by atoms with van der Waals surface area (Å²) >= 11 is 0. The van der Waals surface area contributed by atoms with Gasteiger partial charge in [-0.3, -0.25) is 14.5 Å². The Hall–Kier alpha value is -3.22. The zero-order valence-corrected chi connectivity index (χ0v) is 14.8. The molecule has 0 radical (unpaired) electrons. The van der Waals surface area contributed by atoms with Crippen molar-refractivity contribution in [2.24, 2.45) is 11.1 Å². The third-order valence-corrected chi connectivity index (χ3v) is 4.87. The average Bonchev–Trinajstić information content (AvgIpc) is 3.21. The lowest BCUT2D eigenvalue weighted by Gasteiger charge is -2.16. The maximum atomic E-state index is 12.7. The Morgan fingerprint density at radius 1 is 1.15 bits per heavy atom. The van der Waals surface area contributed by atoms with E-state index in [2.05, 4.69) is 5.16 Å². The van der Waals surface area contributed by atoms with Crippen molar-refractivity contribution in [2.75, 3.05) is 13.2 Å². The van der Waals surface area contributed by atoms with Gasteiger partial charge in [-0.2, -0.15) is 0 Å². The Kier molecular flexibility index (Phi) is 4.35. The smallest absolute Gasteiger partial charge is 0.357 e. The quantitative estimate of drug-likeness (QED) is 0.594. The lowest BCUT2D eigenvalue weighted by Crippen LogP contribution is -2.36. The van der Waals surface area contributed by atoms with E-state index >= 15 is 0 Å². The minimum absolute atomic E-state index is 0.132. The van der Waals surface area contributed by atoms with Crippen molar-refractivity contribution in [1.29, 1.82) is 0 Å². The average molecular weight is 366 g/mol. The van der Waals surface area contributed by atoms with Crippen LogP contribution >= 0.6 is 0 Å². The first-order valence-electron chi connectivity index (χ1n) is 8.84. The second kappa shape index (κ2) is 6.83. The van der Waals surface area contributed by atoms with Crippen molar-refractivity contribution in [2.45, 2.75) is 19.4 Å². The lowest BCUT2D eigenvalue weighted by molar-refractivity contribution is -0.143. The van der Waals surface area contributed by atoms with Crippen molar-refractivity contribution < 1.29 is 24.0 Å². The minimum Gasteiger partial charge on any atom is -0.461 e. The van der Waals surface area contributed by atoms with E-state index in [4.69, 9.17) is 9.57 Å². The number of hydrogen-bond donors (Lipinski definition) is 0. The zero-order valence-electron chi connectivity index (χ0n) is 14.8. The molecule has 0 bridgehead atoms. The molecule has 0 unspecified atom stereocenters. The molecule has 2 aliphatic heterocycles. The van der Waals surface area contributed by atoms with Gasteiger partial charge in [0.1, 0.15) is 5.92 Å². The highest BCUT2D eigenvalue weighted by molar-refractivity contribution is 6.43. The molecule has 0 aromatic heterocycles. The zero-order chi connectivity index (χ0) is 19.0. The number of imide groups is 1. The summed E-state index contributed by atoms with van der Waals surface area (Å²) in [7, 11) is 0. The van der Waals surface area contributed by atoms with Crippen LogP contribution in [0.25, 0.3) is 10.8 Å². The maximum Gasteiger partial charge on any atom is 0.357 e. The first-order chi connectivity index (χ1) is 13.1. The molecule has 27 heavy (non-hydrogen) atoms. The number of amides is 2. The minimum atomic E-state index is -1.07. The topological polar surface area (TPSA) is 85.3 Å². The van der Waals surface area contributed by atoms with E-state index in [9.17, 15) is 14.4 Å². The fourth-order valence-electron chi connectivity index (χ4n) is 3.57. The Balaban J connectivity index is 1.52. The number of carbonyl (C=O) groups excluding carboxylic acids is 3. The van der Waals surface area contributed by atoms with Crippen LogP contribution in [0.5, 0.6) is 0 Å². The van der Waals surface area contributed by atoms with Gasteiger partial charge in [0, 0.05) is 6.54 Å². The first kappa shape index (κ1) is 17.2. The number of nitrogens with zero attached hydrogens (tertiary/aromatic N) is 2. The number of carbonyl (C=O) groups is 3. The summed E-state index contributed by atoms with van der Waals surface area (Å²) in [5.74, 6) is -2.66. The largest absolute Gasteiger partial charge is 0.461 e. The third-order valence-electron chi connectivity index (χ3n) is 4.87. The van der Waals surface area contributed by atoms with E-state index in [0.717, 1.165) is 21.2 Å². The molecule has 2 atom stereocenters. The first-order valence-corrected chi connectivity index (χ1v) is 8.84. The number of hydrogen-bond acceptors (Lipinski definition) is 6. The standard InChI is InChI=1S/C20H18N2O5/c1-2-26-20(25)16-15-17(27-21-16)19(24)22(18(15)23)11-10-13-8-5-7-12-6-3-4-9-14(12)13/h3-9,15,17H,2,10-11H2,1H3/t15-,17+/m1/s1. The van der Waals surface area contributed by atoms with Crippen molar-refractivity contribution in [3.05, 3.63) is 48.0 Å². The van der Waals surface area contributed by atoms with Crippen LogP contribution in [0.2, 0.25) is 0 Å². The molecule has 0 saturated carbocycles. The van der Waals surface area contributed by atoms with Crippen molar-refractivity contribution in [3.63, 3.8) is 0 Å². The fourth-order valence-corrected chi connectivity index (χ4v) is 3.57. The predicted octanol–water partition coefficient (Wildman–Crippen LogP) is 1.69. The number of likely N-dealkylation sites (tertiary alicyclic amines) is 1. The molecule has 4 rings (SSSR count). The van der Waals surface area contributed by atoms with Crippen LogP contribution in [0, 0.1) is 5.92 Å². The molecule has 2 heterocycles. The number of ether oxygens (including phenoxy) is 1. The van der Waals surface area contributed by atoms with Gasteiger partial charge in [0.25, 0.3) is 5.91 Å². The predicted molar refractivity (Wildman–Crippen MR) is 96.8 cm³/mol. The van der Waals surface area contributed by atoms with Gasteiger partial charge in [0.05, 0.1) is 6.61 Å². The molecule has 7 nitrogen and oxygen atoms in total. The summed E-state index contributed by atoms with van der Waals surface area (Å²) in [5.41, 5.74) is 0.916. The highest BCUT2D eigenvalue weighted by atomic mass is 16.7. The summed E-state index contributed by atoms with van der Waals surface area (Å²) < 4.78 is 4.90. The van der Waals surface area contributed by atoms with Gasteiger partial charge >= 0.3 is 5.97 Å². The maximum absolute atomic E-state index is 12.7. The van der Waals surface area contributed by atoms with Crippen LogP contribution in [0.1, 0.15) is 12.5 Å². The summed E-state index contributed by atoms with van der Waals surface area (Å²) in [6.45, 7) is 2.03. The highest BCUT2D eigenvalue weighted by Gasteiger charge is 2.57. The molecule has 0 N–H and O–H groups in total. The Morgan fingerprint density at radius 3 is 2.74 bits per heavy atom. The van der Waals surface area contributed by atoms with Gasteiger partial charge in [-0.25, -0.2) is 4.79 Å². The number of benzene rings is 2. The summed E-state index contributed by atoms with van der Waals surface area (Å²) in [4.78, 5) is 43.5. The number of fused-ring (bicyclic) bond motifs is 2. The summed E-state index contributed by atoms with van der Waals surface area (Å²) in [6.07, 6.45) is -0.547. The number of rotatable bonds is 5. The molecular formula is C20H18N2O5. The number of esters is 1. The molecule has 0 aliphatic carbocycles. The Bertz CT molecular complexity index is 963. The Labute approximate surface area is 155 Å². The molecule has 2 aliphatic rings.